The second-order valence-electron chi connectivity index (χ2n) is 8.59. The summed E-state index contributed by atoms with van der Waals surface area (Å²) in [5.74, 6) is 1.98. The molecular weight excluding hydrogens is 244 g/mol. The highest BCUT2D eigenvalue weighted by Gasteiger charge is 2.32. The Hall–Kier alpha value is -0.0800. The van der Waals surface area contributed by atoms with Crippen LogP contribution in [0.25, 0.3) is 0 Å². The molecule has 2 heteroatoms. The van der Waals surface area contributed by atoms with Crippen molar-refractivity contribution >= 4 is 0 Å². The molecule has 1 aliphatic heterocycles. The van der Waals surface area contributed by atoms with E-state index in [9.17, 15) is 0 Å². The van der Waals surface area contributed by atoms with Gasteiger partial charge in [0.15, 0.2) is 0 Å². The van der Waals surface area contributed by atoms with Crippen molar-refractivity contribution in [2.24, 2.45) is 17.3 Å². The molecule has 1 N–H and O–H groups in total. The quantitative estimate of drug-likeness (QED) is 0.843. The van der Waals surface area contributed by atoms with Gasteiger partial charge in [0.05, 0.1) is 0 Å². The number of rotatable bonds is 3. The molecule has 0 aromatic carbocycles. The Balaban J connectivity index is 1.78. The minimum atomic E-state index is 0.374. The molecule has 2 aliphatic rings. The van der Waals surface area contributed by atoms with E-state index in [0.29, 0.717) is 17.5 Å². The SMILES string of the molecule is CC1CCC(CCN2CC(C(C)(C)C)NCC2C)CC1. The van der Waals surface area contributed by atoms with Crippen molar-refractivity contribution in [1.82, 2.24) is 10.2 Å². The molecular formula is C18H36N2. The van der Waals surface area contributed by atoms with Crippen molar-refractivity contribution < 1.29 is 0 Å². The van der Waals surface area contributed by atoms with Gasteiger partial charge in [-0.15, -0.1) is 0 Å². The molecule has 0 aromatic heterocycles. The Labute approximate surface area is 126 Å². The lowest BCUT2D eigenvalue weighted by Gasteiger charge is -2.44. The van der Waals surface area contributed by atoms with Crippen LogP contribution in [0.2, 0.25) is 0 Å². The summed E-state index contributed by atoms with van der Waals surface area (Å²) >= 11 is 0. The van der Waals surface area contributed by atoms with Crippen molar-refractivity contribution in [3.8, 4) is 0 Å². The van der Waals surface area contributed by atoms with Crippen molar-refractivity contribution in [3.63, 3.8) is 0 Å². The largest absolute Gasteiger partial charge is 0.311 e. The summed E-state index contributed by atoms with van der Waals surface area (Å²) < 4.78 is 0. The Morgan fingerprint density at radius 3 is 2.30 bits per heavy atom. The number of nitrogens with zero attached hydrogens (tertiary/aromatic N) is 1. The van der Waals surface area contributed by atoms with E-state index in [-0.39, 0.29) is 0 Å². The van der Waals surface area contributed by atoms with Gasteiger partial charge in [-0.05, 0) is 37.1 Å². The van der Waals surface area contributed by atoms with Gasteiger partial charge >= 0.3 is 0 Å². The summed E-state index contributed by atoms with van der Waals surface area (Å²) in [6.45, 7) is 15.6. The van der Waals surface area contributed by atoms with Gasteiger partial charge in [-0.2, -0.15) is 0 Å². The van der Waals surface area contributed by atoms with Crippen molar-refractivity contribution in [3.05, 3.63) is 0 Å². The van der Waals surface area contributed by atoms with Gasteiger partial charge in [-0.3, -0.25) is 4.90 Å². The number of piperazine rings is 1. The smallest absolute Gasteiger partial charge is 0.0244 e. The zero-order chi connectivity index (χ0) is 14.8. The van der Waals surface area contributed by atoms with E-state index in [4.69, 9.17) is 0 Å². The molecule has 0 amide bonds. The highest BCUT2D eigenvalue weighted by molar-refractivity contribution is 4.90. The Morgan fingerprint density at radius 2 is 1.70 bits per heavy atom. The van der Waals surface area contributed by atoms with E-state index in [2.05, 4.69) is 44.8 Å². The fourth-order valence-corrected chi connectivity index (χ4v) is 3.78. The molecule has 1 saturated carbocycles. The van der Waals surface area contributed by atoms with Crippen LogP contribution in [0.5, 0.6) is 0 Å². The molecule has 2 atom stereocenters. The third kappa shape index (κ3) is 4.46. The number of hydrogen-bond acceptors (Lipinski definition) is 2. The van der Waals surface area contributed by atoms with Crippen molar-refractivity contribution in [2.45, 2.75) is 78.8 Å². The minimum Gasteiger partial charge on any atom is -0.311 e. The second kappa shape index (κ2) is 6.79. The minimum absolute atomic E-state index is 0.374. The van der Waals surface area contributed by atoms with Crippen LogP contribution < -0.4 is 5.32 Å². The molecule has 0 radical (unpaired) electrons. The van der Waals surface area contributed by atoms with E-state index in [1.54, 1.807) is 0 Å². The summed E-state index contributed by atoms with van der Waals surface area (Å²) in [7, 11) is 0. The first-order valence-corrected chi connectivity index (χ1v) is 8.83. The second-order valence-corrected chi connectivity index (χ2v) is 8.59. The zero-order valence-corrected chi connectivity index (χ0v) is 14.4. The first-order valence-electron chi connectivity index (χ1n) is 8.83. The zero-order valence-electron chi connectivity index (χ0n) is 14.4. The topological polar surface area (TPSA) is 15.3 Å². The van der Waals surface area contributed by atoms with Crippen LogP contribution in [0, 0.1) is 17.3 Å². The maximum atomic E-state index is 3.74. The lowest BCUT2D eigenvalue weighted by atomic mass is 9.81. The highest BCUT2D eigenvalue weighted by atomic mass is 15.2. The normalized spacial score (nSPS) is 37.0. The van der Waals surface area contributed by atoms with Gasteiger partial charge in [0.1, 0.15) is 0 Å². The first-order chi connectivity index (χ1) is 9.36. The first kappa shape index (κ1) is 16.3. The third-order valence-corrected chi connectivity index (χ3v) is 5.71. The third-order valence-electron chi connectivity index (χ3n) is 5.71. The molecule has 1 aliphatic carbocycles. The van der Waals surface area contributed by atoms with Gasteiger partial charge in [0.25, 0.3) is 0 Å². The molecule has 0 spiro atoms. The van der Waals surface area contributed by atoms with Crippen LogP contribution in [0.4, 0.5) is 0 Å². The van der Waals surface area contributed by atoms with E-state index >= 15 is 0 Å². The number of nitrogens with one attached hydrogen (secondary N) is 1. The Kier molecular flexibility index (Phi) is 5.53. The monoisotopic (exact) mass is 280 g/mol. The molecule has 1 saturated heterocycles. The molecule has 2 fully saturated rings. The van der Waals surface area contributed by atoms with Crippen molar-refractivity contribution in [1.29, 1.82) is 0 Å². The van der Waals surface area contributed by atoms with Crippen LogP contribution in [0.1, 0.15) is 66.7 Å². The van der Waals surface area contributed by atoms with E-state index < -0.39 is 0 Å². The molecule has 1 heterocycles. The van der Waals surface area contributed by atoms with E-state index in [1.807, 2.05) is 0 Å². The fraction of sp³-hybridized carbons (Fsp3) is 1.00. The summed E-state index contributed by atoms with van der Waals surface area (Å²) in [6.07, 6.45) is 7.31. The predicted molar refractivity (Wildman–Crippen MR) is 88.0 cm³/mol. The van der Waals surface area contributed by atoms with Crippen LogP contribution in [0.3, 0.4) is 0 Å². The maximum Gasteiger partial charge on any atom is 0.0244 e. The van der Waals surface area contributed by atoms with Gasteiger partial charge in [0.2, 0.25) is 0 Å². The summed E-state index contributed by atoms with van der Waals surface area (Å²) in [6, 6.07) is 1.35. The van der Waals surface area contributed by atoms with Gasteiger partial charge in [-0.25, -0.2) is 0 Å². The molecule has 2 nitrogen and oxygen atoms in total. The molecule has 2 unspecified atom stereocenters. The molecule has 0 bridgehead atoms. The Morgan fingerprint density at radius 1 is 1.05 bits per heavy atom. The van der Waals surface area contributed by atoms with Crippen LogP contribution >= 0.6 is 0 Å². The average molecular weight is 281 g/mol. The van der Waals surface area contributed by atoms with Gasteiger partial charge in [0, 0.05) is 25.2 Å². The summed E-state index contributed by atoms with van der Waals surface area (Å²) in [5.41, 5.74) is 0.374. The maximum absolute atomic E-state index is 3.74. The lowest BCUT2D eigenvalue weighted by molar-refractivity contribution is 0.0852. The highest BCUT2D eigenvalue weighted by Crippen LogP contribution is 2.31. The van der Waals surface area contributed by atoms with Crippen LogP contribution in [0.15, 0.2) is 0 Å². The van der Waals surface area contributed by atoms with E-state index in [0.717, 1.165) is 18.4 Å². The lowest BCUT2D eigenvalue weighted by Crippen LogP contribution is -2.59. The Bertz CT molecular complexity index is 286. The fourth-order valence-electron chi connectivity index (χ4n) is 3.78. The van der Waals surface area contributed by atoms with Gasteiger partial charge in [-0.1, -0.05) is 53.4 Å². The van der Waals surface area contributed by atoms with E-state index in [1.165, 1.54) is 45.2 Å². The molecule has 118 valence electrons. The molecule has 20 heavy (non-hydrogen) atoms. The molecule has 0 aromatic rings. The number of hydrogen-bond donors (Lipinski definition) is 1. The van der Waals surface area contributed by atoms with Crippen molar-refractivity contribution in [2.75, 3.05) is 19.6 Å². The average Bonchev–Trinajstić information content (AvgIpc) is 2.38. The van der Waals surface area contributed by atoms with Crippen LogP contribution in [-0.4, -0.2) is 36.6 Å². The standard InChI is InChI=1S/C18H36N2/c1-14-6-8-16(9-7-14)10-11-20-13-17(18(3,4)5)19-12-15(20)2/h14-17,19H,6-13H2,1-5H3. The summed E-state index contributed by atoms with van der Waals surface area (Å²) in [5, 5.41) is 3.74. The van der Waals surface area contributed by atoms with Crippen LogP contribution in [-0.2, 0) is 0 Å². The predicted octanol–water partition coefficient (Wildman–Crippen LogP) is 3.91. The van der Waals surface area contributed by atoms with Gasteiger partial charge < -0.3 is 5.32 Å². The molecule has 2 rings (SSSR count). The summed E-state index contributed by atoms with van der Waals surface area (Å²) in [4.78, 5) is 2.74.